The van der Waals surface area contributed by atoms with Gasteiger partial charge in [0.1, 0.15) is 12.4 Å². The van der Waals surface area contributed by atoms with Gasteiger partial charge in [-0.25, -0.2) is 4.98 Å². The van der Waals surface area contributed by atoms with E-state index in [0.29, 0.717) is 12.5 Å². The molecule has 0 aliphatic heterocycles. The van der Waals surface area contributed by atoms with Crippen LogP contribution in [0.25, 0.3) is 0 Å². The lowest BCUT2D eigenvalue weighted by atomic mass is 10.2. The van der Waals surface area contributed by atoms with Crippen molar-refractivity contribution in [3.8, 4) is 11.6 Å². The van der Waals surface area contributed by atoms with E-state index in [-0.39, 0.29) is 0 Å². The Kier molecular flexibility index (Phi) is 4.75. The van der Waals surface area contributed by atoms with Gasteiger partial charge in [-0.2, -0.15) is 0 Å². The Morgan fingerprint density at radius 1 is 1.16 bits per heavy atom. The van der Waals surface area contributed by atoms with Crippen molar-refractivity contribution in [2.24, 2.45) is 0 Å². The second-order valence-electron chi connectivity index (χ2n) is 4.13. The highest BCUT2D eigenvalue weighted by Gasteiger charge is 2.04. The highest BCUT2D eigenvalue weighted by atomic mass is 16.5. The standard InChI is InChI=1S/C15H18N2O2/c1-16-10-13-4-3-9-17-15(13)19-11-12-5-7-14(18-2)8-6-12/h3-9,16H,10-11H2,1-2H3. The molecule has 4 heteroatoms. The van der Waals surface area contributed by atoms with Gasteiger partial charge < -0.3 is 14.8 Å². The van der Waals surface area contributed by atoms with Crippen molar-refractivity contribution in [3.05, 3.63) is 53.7 Å². The van der Waals surface area contributed by atoms with E-state index < -0.39 is 0 Å². The fourth-order valence-corrected chi connectivity index (χ4v) is 1.75. The van der Waals surface area contributed by atoms with Gasteiger partial charge in [-0.1, -0.05) is 18.2 Å². The maximum Gasteiger partial charge on any atom is 0.218 e. The molecule has 0 aliphatic rings. The average Bonchev–Trinajstić information content (AvgIpc) is 2.47. The van der Waals surface area contributed by atoms with Crippen LogP contribution in [0, 0.1) is 0 Å². The van der Waals surface area contributed by atoms with E-state index in [1.165, 1.54) is 0 Å². The fraction of sp³-hybridized carbons (Fsp3) is 0.267. The van der Waals surface area contributed by atoms with Crippen LogP contribution in [0.1, 0.15) is 11.1 Å². The first-order valence-corrected chi connectivity index (χ1v) is 6.17. The Bertz CT molecular complexity index is 512. The summed E-state index contributed by atoms with van der Waals surface area (Å²) in [5.41, 5.74) is 2.14. The summed E-state index contributed by atoms with van der Waals surface area (Å²) in [5.74, 6) is 1.52. The maximum absolute atomic E-state index is 5.76. The number of hydrogen-bond donors (Lipinski definition) is 1. The monoisotopic (exact) mass is 258 g/mol. The molecule has 0 amide bonds. The number of nitrogens with one attached hydrogen (secondary N) is 1. The minimum Gasteiger partial charge on any atom is -0.497 e. The molecule has 0 fully saturated rings. The van der Waals surface area contributed by atoms with Crippen molar-refractivity contribution in [3.63, 3.8) is 0 Å². The number of benzene rings is 1. The summed E-state index contributed by atoms with van der Waals surface area (Å²) in [6.45, 7) is 1.24. The SMILES string of the molecule is CNCc1cccnc1OCc1ccc(OC)cc1. The normalized spacial score (nSPS) is 10.2. The number of aromatic nitrogens is 1. The Morgan fingerprint density at radius 3 is 2.63 bits per heavy atom. The van der Waals surface area contributed by atoms with Gasteiger partial charge in [0.15, 0.2) is 0 Å². The lowest BCUT2D eigenvalue weighted by Gasteiger charge is -2.10. The topological polar surface area (TPSA) is 43.4 Å². The number of hydrogen-bond acceptors (Lipinski definition) is 4. The molecule has 0 radical (unpaired) electrons. The molecule has 2 aromatic rings. The molecule has 0 saturated carbocycles. The van der Waals surface area contributed by atoms with Crippen LogP contribution in [0.2, 0.25) is 0 Å². The minimum absolute atomic E-state index is 0.498. The van der Waals surface area contributed by atoms with E-state index in [1.807, 2.05) is 43.4 Å². The van der Waals surface area contributed by atoms with Gasteiger partial charge in [-0.15, -0.1) is 0 Å². The van der Waals surface area contributed by atoms with Gasteiger partial charge >= 0.3 is 0 Å². The Labute approximate surface area is 113 Å². The first kappa shape index (κ1) is 13.4. The van der Waals surface area contributed by atoms with Crippen molar-refractivity contribution in [1.82, 2.24) is 10.3 Å². The van der Waals surface area contributed by atoms with Gasteiger partial charge in [0.2, 0.25) is 5.88 Å². The third kappa shape index (κ3) is 3.69. The molecule has 1 aromatic carbocycles. The zero-order valence-corrected chi connectivity index (χ0v) is 11.2. The van der Waals surface area contributed by atoms with E-state index in [0.717, 1.165) is 23.4 Å². The molecule has 19 heavy (non-hydrogen) atoms. The van der Waals surface area contributed by atoms with Gasteiger partial charge in [0.25, 0.3) is 0 Å². The van der Waals surface area contributed by atoms with Gasteiger partial charge in [0.05, 0.1) is 7.11 Å². The van der Waals surface area contributed by atoms with Crippen LogP contribution in [0.5, 0.6) is 11.6 Å². The highest BCUT2D eigenvalue weighted by Crippen LogP contribution is 2.17. The predicted octanol–water partition coefficient (Wildman–Crippen LogP) is 2.39. The highest BCUT2D eigenvalue weighted by molar-refractivity contribution is 5.28. The van der Waals surface area contributed by atoms with E-state index in [4.69, 9.17) is 9.47 Å². The first-order valence-electron chi connectivity index (χ1n) is 6.17. The number of pyridine rings is 1. The molecule has 0 atom stereocenters. The minimum atomic E-state index is 0.498. The van der Waals surface area contributed by atoms with Gasteiger partial charge in [0, 0.05) is 18.3 Å². The summed E-state index contributed by atoms with van der Waals surface area (Å²) in [6.07, 6.45) is 1.74. The smallest absolute Gasteiger partial charge is 0.218 e. The van der Waals surface area contributed by atoms with E-state index >= 15 is 0 Å². The van der Waals surface area contributed by atoms with E-state index in [1.54, 1.807) is 13.3 Å². The predicted molar refractivity (Wildman–Crippen MR) is 74.3 cm³/mol. The van der Waals surface area contributed by atoms with Crippen LogP contribution < -0.4 is 14.8 Å². The lowest BCUT2D eigenvalue weighted by molar-refractivity contribution is 0.289. The summed E-state index contributed by atoms with van der Waals surface area (Å²) in [6, 6.07) is 11.7. The quantitative estimate of drug-likeness (QED) is 0.864. The number of ether oxygens (including phenoxy) is 2. The summed E-state index contributed by atoms with van der Waals surface area (Å²) in [7, 11) is 3.56. The Balaban J connectivity index is 2.01. The van der Waals surface area contributed by atoms with Crippen LogP contribution in [-0.2, 0) is 13.2 Å². The second kappa shape index (κ2) is 6.75. The molecular weight excluding hydrogens is 240 g/mol. The van der Waals surface area contributed by atoms with Crippen molar-refractivity contribution < 1.29 is 9.47 Å². The van der Waals surface area contributed by atoms with Crippen molar-refractivity contribution >= 4 is 0 Å². The molecule has 0 aliphatic carbocycles. The van der Waals surface area contributed by atoms with Crippen LogP contribution in [-0.4, -0.2) is 19.1 Å². The number of rotatable bonds is 6. The third-order valence-corrected chi connectivity index (χ3v) is 2.75. The van der Waals surface area contributed by atoms with Crippen LogP contribution in [0.4, 0.5) is 0 Å². The van der Waals surface area contributed by atoms with E-state index in [2.05, 4.69) is 10.3 Å². The molecule has 0 bridgehead atoms. The molecular formula is C15H18N2O2. The molecule has 1 heterocycles. The summed E-state index contributed by atoms with van der Waals surface area (Å²) in [4.78, 5) is 4.26. The Hall–Kier alpha value is -2.07. The zero-order valence-electron chi connectivity index (χ0n) is 11.2. The molecule has 0 unspecified atom stereocenters. The first-order chi connectivity index (χ1) is 9.33. The second-order valence-corrected chi connectivity index (χ2v) is 4.13. The molecule has 2 rings (SSSR count). The van der Waals surface area contributed by atoms with Gasteiger partial charge in [-0.3, -0.25) is 0 Å². The number of methoxy groups -OCH3 is 1. The zero-order chi connectivity index (χ0) is 13.5. The lowest BCUT2D eigenvalue weighted by Crippen LogP contribution is -2.08. The van der Waals surface area contributed by atoms with Crippen LogP contribution in [0.15, 0.2) is 42.6 Å². The van der Waals surface area contributed by atoms with Gasteiger partial charge in [-0.05, 0) is 30.8 Å². The maximum atomic E-state index is 5.76. The molecule has 0 spiro atoms. The van der Waals surface area contributed by atoms with Crippen molar-refractivity contribution in [2.45, 2.75) is 13.2 Å². The molecule has 4 nitrogen and oxygen atoms in total. The van der Waals surface area contributed by atoms with Crippen molar-refractivity contribution in [2.75, 3.05) is 14.2 Å². The molecule has 1 N–H and O–H groups in total. The van der Waals surface area contributed by atoms with E-state index in [9.17, 15) is 0 Å². The Morgan fingerprint density at radius 2 is 1.95 bits per heavy atom. The summed E-state index contributed by atoms with van der Waals surface area (Å²) >= 11 is 0. The summed E-state index contributed by atoms with van der Waals surface area (Å²) < 4.78 is 10.9. The van der Waals surface area contributed by atoms with Crippen molar-refractivity contribution in [1.29, 1.82) is 0 Å². The third-order valence-electron chi connectivity index (χ3n) is 2.75. The van der Waals surface area contributed by atoms with Crippen LogP contribution >= 0.6 is 0 Å². The van der Waals surface area contributed by atoms with Crippen LogP contribution in [0.3, 0.4) is 0 Å². The molecule has 1 aromatic heterocycles. The molecule has 0 saturated heterocycles. The summed E-state index contributed by atoms with van der Waals surface area (Å²) in [5, 5.41) is 3.10. The average molecular weight is 258 g/mol. The number of nitrogens with zero attached hydrogens (tertiary/aromatic N) is 1. The largest absolute Gasteiger partial charge is 0.497 e. The fourth-order valence-electron chi connectivity index (χ4n) is 1.75. The molecule has 100 valence electrons.